The van der Waals surface area contributed by atoms with Crippen molar-refractivity contribution in [3.05, 3.63) is 64.2 Å². The van der Waals surface area contributed by atoms with Crippen molar-refractivity contribution < 1.29 is 47.7 Å². The molecular weight excluding hydrogens is 700 g/mol. The summed E-state index contributed by atoms with van der Waals surface area (Å²) >= 11 is 0. The van der Waals surface area contributed by atoms with Crippen molar-refractivity contribution in [3.63, 3.8) is 0 Å². The van der Waals surface area contributed by atoms with E-state index in [4.69, 9.17) is 18.9 Å². The van der Waals surface area contributed by atoms with Crippen LogP contribution in [0.5, 0.6) is 5.75 Å². The van der Waals surface area contributed by atoms with Crippen molar-refractivity contribution in [2.75, 3.05) is 0 Å². The third kappa shape index (κ3) is 6.41. The van der Waals surface area contributed by atoms with Crippen LogP contribution in [0.15, 0.2) is 36.4 Å². The van der Waals surface area contributed by atoms with Gasteiger partial charge in [-0.25, -0.2) is 24.0 Å². The minimum Gasteiger partial charge on any atom is -0.458 e. The lowest BCUT2D eigenvalue weighted by Crippen LogP contribution is -2.59. The Bertz CT molecular complexity index is 1960. The third-order valence-corrected chi connectivity index (χ3v) is 15.2. The van der Waals surface area contributed by atoms with E-state index < -0.39 is 47.8 Å². The smallest absolute Gasteiger partial charge is 0.347 e. The van der Waals surface area contributed by atoms with Gasteiger partial charge >= 0.3 is 35.8 Å². The fourth-order valence-electron chi connectivity index (χ4n) is 12.4. The molecule has 4 saturated carbocycles. The highest BCUT2D eigenvalue weighted by Crippen LogP contribution is 2.69. The number of fused-ring (bicyclic) bond motifs is 7. The molecule has 0 aromatic heterocycles. The molecule has 4 fully saturated rings. The second-order valence-electron chi connectivity index (χ2n) is 18.4. The number of carbonyl (C=O) groups is 6. The quantitative estimate of drug-likeness (QED) is 0.106. The summed E-state index contributed by atoms with van der Waals surface area (Å²) < 4.78 is 21.8. The molecule has 2 heterocycles. The highest BCUT2D eigenvalue weighted by atomic mass is 16.6. The average Bonchev–Trinajstić information content (AvgIpc) is 3.75. The van der Waals surface area contributed by atoms with E-state index in [1.54, 1.807) is 0 Å². The van der Waals surface area contributed by atoms with E-state index in [-0.39, 0.29) is 50.3 Å². The first-order chi connectivity index (χ1) is 26.2. The van der Waals surface area contributed by atoms with Crippen molar-refractivity contribution in [1.29, 1.82) is 0 Å². The predicted molar refractivity (Wildman–Crippen MR) is 199 cm³/mol. The number of carbonyl (C=O) groups excluding carboxylic acids is 6. The summed E-state index contributed by atoms with van der Waals surface area (Å²) in [6, 6.07) is 8.64. The number of esters is 6. The van der Waals surface area contributed by atoms with E-state index in [1.807, 2.05) is 0 Å². The van der Waals surface area contributed by atoms with E-state index in [2.05, 4.69) is 34.6 Å². The molecule has 8 rings (SSSR count). The summed E-state index contributed by atoms with van der Waals surface area (Å²) in [5.74, 6) is -1.04. The maximum Gasteiger partial charge on any atom is 0.347 e. The molecule has 10 atom stereocenters. The molecule has 0 amide bonds. The number of ether oxygens (including phenoxy) is 4. The molecule has 0 bridgehead atoms. The number of benzene rings is 2. The Hall–Kier alpha value is -4.34. The number of hydrogen-bond acceptors (Lipinski definition) is 10. The van der Waals surface area contributed by atoms with E-state index in [0.717, 1.165) is 12.8 Å². The number of cyclic esters (lactones) is 4. The molecule has 0 spiro atoms. The molecule has 0 saturated heterocycles. The zero-order valence-electron chi connectivity index (χ0n) is 32.5. The van der Waals surface area contributed by atoms with Gasteiger partial charge in [0.2, 0.25) is 0 Å². The molecule has 0 N–H and O–H groups in total. The van der Waals surface area contributed by atoms with Crippen LogP contribution in [0.2, 0.25) is 0 Å². The second kappa shape index (κ2) is 14.0. The Morgan fingerprint density at radius 3 is 2.07 bits per heavy atom. The minimum absolute atomic E-state index is 0.0558. The fourth-order valence-corrected chi connectivity index (χ4v) is 12.4. The average molecular weight is 753 g/mol. The monoisotopic (exact) mass is 752 g/mol. The molecule has 2 aliphatic heterocycles. The maximum absolute atomic E-state index is 14.0. The van der Waals surface area contributed by atoms with Crippen molar-refractivity contribution in [2.24, 2.45) is 58.2 Å². The van der Waals surface area contributed by atoms with Gasteiger partial charge in [-0.2, -0.15) is 0 Å². The van der Waals surface area contributed by atoms with Crippen LogP contribution in [-0.2, 0) is 19.0 Å². The van der Waals surface area contributed by atoms with Crippen molar-refractivity contribution in [1.82, 2.24) is 0 Å². The molecule has 2 aromatic rings. The Morgan fingerprint density at radius 1 is 0.727 bits per heavy atom. The summed E-state index contributed by atoms with van der Waals surface area (Å²) in [5.41, 5.74) is 0.620. The molecule has 10 unspecified atom stereocenters. The van der Waals surface area contributed by atoms with E-state index >= 15 is 0 Å². The second-order valence-corrected chi connectivity index (χ2v) is 18.4. The summed E-state index contributed by atoms with van der Waals surface area (Å²) in [7, 11) is 0. The van der Waals surface area contributed by atoms with Gasteiger partial charge in [-0.15, -0.1) is 0 Å². The number of rotatable bonds is 9. The van der Waals surface area contributed by atoms with E-state index in [0.29, 0.717) is 54.8 Å². The van der Waals surface area contributed by atoms with Gasteiger partial charge in [0.25, 0.3) is 0 Å². The first-order valence-corrected chi connectivity index (χ1v) is 20.4. The first-order valence-electron chi connectivity index (χ1n) is 20.4. The maximum atomic E-state index is 14.0. The van der Waals surface area contributed by atoms with Crippen LogP contribution in [0.3, 0.4) is 0 Å². The normalized spacial score (nSPS) is 33.8. The molecule has 6 aliphatic rings. The molecule has 0 radical (unpaired) electrons. The SMILES string of the molecule is CC(C)CCCC(C)C1CCC2C3CC(OC(=O)c4ccc5c(c4)C(=O)OC5=O)C4CC(C(=O)Oc5ccc6c(c5)C(=O)OC6=O)CCC4(C)C3CCC12C. The molecule has 10 nitrogen and oxygen atoms in total. The predicted octanol–water partition coefficient (Wildman–Crippen LogP) is 8.79. The standard InChI is InChI=1S/C45H52O10/c1-23(2)7-6-8-24(3)33-13-14-34-32-22-37(53-39(47)25-9-11-28-30(19-25)42(50)54-40(28)48)36-20-26(15-17-45(36,5)35(32)16-18-44(33,34)4)38(46)52-27-10-12-29-31(21-27)43(51)55-41(29)49/h9-12,19,21,23-24,26,32-37H,6-8,13-18,20,22H2,1-5H3. The van der Waals surface area contributed by atoms with Crippen LogP contribution in [0, 0.1) is 58.2 Å². The van der Waals surface area contributed by atoms with Crippen LogP contribution < -0.4 is 4.74 Å². The summed E-state index contributed by atoms with van der Waals surface area (Å²) in [5, 5.41) is 0. The molecular formula is C45H52O10. The summed E-state index contributed by atoms with van der Waals surface area (Å²) in [6.45, 7) is 11.9. The zero-order chi connectivity index (χ0) is 39.0. The van der Waals surface area contributed by atoms with Gasteiger partial charge in [0, 0.05) is 5.92 Å². The highest BCUT2D eigenvalue weighted by Gasteiger charge is 2.63. The van der Waals surface area contributed by atoms with Crippen LogP contribution in [-0.4, -0.2) is 41.9 Å². The summed E-state index contributed by atoms with van der Waals surface area (Å²) in [4.78, 5) is 76.4. The Labute approximate surface area is 322 Å². The van der Waals surface area contributed by atoms with Crippen LogP contribution in [0.25, 0.3) is 0 Å². The fraction of sp³-hybridized carbons (Fsp3) is 0.600. The van der Waals surface area contributed by atoms with Crippen molar-refractivity contribution in [2.45, 2.75) is 111 Å². The first kappa shape index (κ1) is 37.6. The lowest BCUT2D eigenvalue weighted by atomic mass is 9.43. The molecule has 2 aromatic carbocycles. The highest BCUT2D eigenvalue weighted by molar-refractivity contribution is 6.16. The van der Waals surface area contributed by atoms with Crippen LogP contribution in [0.1, 0.15) is 157 Å². The van der Waals surface area contributed by atoms with Gasteiger partial charge < -0.3 is 18.9 Å². The van der Waals surface area contributed by atoms with Crippen molar-refractivity contribution in [3.8, 4) is 5.75 Å². The van der Waals surface area contributed by atoms with Gasteiger partial charge in [-0.1, -0.05) is 53.9 Å². The molecule has 4 aliphatic carbocycles. The topological polar surface area (TPSA) is 139 Å². The Kier molecular flexibility index (Phi) is 9.56. The molecule has 10 heteroatoms. The van der Waals surface area contributed by atoms with Gasteiger partial charge in [0.1, 0.15) is 11.9 Å². The van der Waals surface area contributed by atoms with Gasteiger partial charge in [-0.3, -0.25) is 4.79 Å². The number of hydrogen-bond donors (Lipinski definition) is 0. The van der Waals surface area contributed by atoms with Crippen LogP contribution >= 0.6 is 0 Å². The zero-order valence-corrected chi connectivity index (χ0v) is 32.5. The molecule has 292 valence electrons. The summed E-state index contributed by atoms with van der Waals surface area (Å²) in [6.07, 6.45) is 10.6. The molecule has 55 heavy (non-hydrogen) atoms. The van der Waals surface area contributed by atoms with E-state index in [1.165, 1.54) is 74.9 Å². The largest absolute Gasteiger partial charge is 0.458 e. The Balaban J connectivity index is 1.06. The van der Waals surface area contributed by atoms with Crippen molar-refractivity contribution >= 4 is 35.8 Å². The lowest BCUT2D eigenvalue weighted by Gasteiger charge is -2.62. The third-order valence-electron chi connectivity index (χ3n) is 15.2. The Morgan fingerprint density at radius 2 is 1.36 bits per heavy atom. The van der Waals surface area contributed by atoms with Gasteiger partial charge in [0.15, 0.2) is 0 Å². The van der Waals surface area contributed by atoms with E-state index in [9.17, 15) is 28.8 Å². The van der Waals surface area contributed by atoms with Gasteiger partial charge in [-0.05, 0) is 134 Å². The lowest BCUT2D eigenvalue weighted by molar-refractivity contribution is -0.173. The minimum atomic E-state index is -0.779. The van der Waals surface area contributed by atoms with Gasteiger partial charge in [0.05, 0.1) is 33.7 Å². The van der Waals surface area contributed by atoms with Crippen LogP contribution in [0.4, 0.5) is 0 Å².